The number of carbonyl (C=O) groups excluding carboxylic acids is 5. The normalized spacial score (nSPS) is 22.3. The van der Waals surface area contributed by atoms with Crippen molar-refractivity contribution in [2.24, 2.45) is 17.3 Å². The molecule has 0 aromatic heterocycles. The Morgan fingerprint density at radius 3 is 2.26 bits per heavy atom. The molecule has 238 valence electrons. The van der Waals surface area contributed by atoms with Crippen LogP contribution in [0.15, 0.2) is 0 Å². The number of nitrogens with zero attached hydrogens (tertiary/aromatic N) is 1. The molecule has 2 heterocycles. The summed E-state index contributed by atoms with van der Waals surface area (Å²) in [6.07, 6.45) is -0.564. The number of rotatable bonds is 11. The van der Waals surface area contributed by atoms with E-state index < -0.39 is 75.0 Å². The molecule has 15 nitrogen and oxygen atoms in total. The number of aliphatic hydroxyl groups is 1. The molecule has 4 amide bonds. The van der Waals surface area contributed by atoms with Crippen molar-refractivity contribution in [3.05, 3.63) is 0 Å². The molecule has 4 N–H and O–H groups in total. The van der Waals surface area contributed by atoms with Crippen LogP contribution in [0.4, 0.5) is 9.59 Å². The standard InChI is InChI=1S/C26H42N4O11S/c1-14(2)8-18(21(33)28-17(9-15-6-7-27-20(15)32)19(31)22(34)42(37,38)39)29-23(35)40-16-10-26(11-16)12-30(13-26)24(36)41-25(3,4)5/h14-18,22,34H,6-13H2,1-5H3,(H,27,32)(H,28,33)(H,29,35)(H,37,38,39)/p-1/t15-,17+,18+,22?/m1/s1. The number of ether oxygens (including phenoxy) is 2. The van der Waals surface area contributed by atoms with Gasteiger partial charge < -0.3 is 40.0 Å². The van der Waals surface area contributed by atoms with E-state index in [4.69, 9.17) is 9.47 Å². The van der Waals surface area contributed by atoms with Crippen LogP contribution < -0.4 is 16.0 Å². The Hall–Kier alpha value is -2.98. The van der Waals surface area contributed by atoms with E-state index in [0.717, 1.165) is 0 Å². The van der Waals surface area contributed by atoms with Crippen molar-refractivity contribution >= 4 is 39.9 Å². The van der Waals surface area contributed by atoms with Gasteiger partial charge in [-0.2, -0.15) is 0 Å². The molecule has 16 heteroatoms. The zero-order valence-electron chi connectivity index (χ0n) is 24.5. The number of hydrogen-bond acceptors (Lipinski definition) is 11. The molecule has 4 atom stereocenters. The summed E-state index contributed by atoms with van der Waals surface area (Å²) < 4.78 is 44.7. The summed E-state index contributed by atoms with van der Waals surface area (Å²) in [7, 11) is -5.44. The van der Waals surface area contributed by atoms with Gasteiger partial charge >= 0.3 is 12.2 Å². The highest BCUT2D eigenvalue weighted by Crippen LogP contribution is 2.49. The van der Waals surface area contributed by atoms with Crippen LogP contribution in [0.25, 0.3) is 0 Å². The Balaban J connectivity index is 1.57. The van der Waals surface area contributed by atoms with Crippen LogP contribution in [-0.2, 0) is 34.0 Å². The number of Topliss-reactive ketones (excluding diaryl/α,β-unsaturated/α-hetero) is 1. The zero-order chi connectivity index (χ0) is 31.6. The van der Waals surface area contributed by atoms with Crippen molar-refractivity contribution in [3.8, 4) is 0 Å². The average molecular weight is 618 g/mol. The van der Waals surface area contributed by atoms with Gasteiger partial charge in [0.05, 0.1) is 6.04 Å². The van der Waals surface area contributed by atoms with Crippen LogP contribution in [0.3, 0.4) is 0 Å². The predicted molar refractivity (Wildman–Crippen MR) is 144 cm³/mol. The molecule has 3 aliphatic rings. The van der Waals surface area contributed by atoms with Gasteiger partial charge in [-0.25, -0.2) is 18.0 Å². The van der Waals surface area contributed by atoms with Crippen molar-refractivity contribution in [2.75, 3.05) is 19.6 Å². The molecular formula is C26H41N4O11S-. The molecule has 2 aliphatic heterocycles. The fourth-order valence-electron chi connectivity index (χ4n) is 5.48. The fraction of sp³-hybridized carbons (Fsp3) is 0.808. The molecule has 3 rings (SSSR count). The average Bonchev–Trinajstić information content (AvgIpc) is 3.19. The molecule has 0 aromatic rings. The van der Waals surface area contributed by atoms with Gasteiger partial charge in [-0.3, -0.25) is 14.4 Å². The topological polar surface area (TPSA) is 221 Å². The lowest BCUT2D eigenvalue weighted by atomic mass is 9.62. The van der Waals surface area contributed by atoms with Crippen molar-refractivity contribution in [3.63, 3.8) is 0 Å². The second kappa shape index (κ2) is 12.7. The number of amides is 4. The number of ketones is 1. The van der Waals surface area contributed by atoms with Crippen molar-refractivity contribution < 1.29 is 51.5 Å². The molecule has 3 fully saturated rings. The highest BCUT2D eigenvalue weighted by Gasteiger charge is 2.56. The van der Waals surface area contributed by atoms with Crippen LogP contribution in [0.5, 0.6) is 0 Å². The summed E-state index contributed by atoms with van der Waals surface area (Å²) in [5.41, 5.74) is -3.69. The number of aliphatic hydroxyl groups excluding tert-OH is 1. The molecule has 1 spiro atoms. The summed E-state index contributed by atoms with van der Waals surface area (Å²) in [5, 5.41) is 17.1. The first-order valence-corrected chi connectivity index (χ1v) is 15.5. The second-order valence-corrected chi connectivity index (χ2v) is 14.4. The smallest absolute Gasteiger partial charge is 0.410 e. The summed E-state index contributed by atoms with van der Waals surface area (Å²) in [5.74, 6) is -3.62. The predicted octanol–water partition coefficient (Wildman–Crippen LogP) is -0.0295. The molecule has 1 aliphatic carbocycles. The SMILES string of the molecule is CC(C)C[C@H](NC(=O)OC1CC2(C1)CN(C(=O)OC(C)(C)C)C2)C(=O)N[C@@H](C[C@H]1CCNC1=O)C(=O)C(O)S(=O)(=O)[O-]. The van der Waals surface area contributed by atoms with Gasteiger partial charge in [-0.1, -0.05) is 13.8 Å². The lowest BCUT2D eigenvalue weighted by Gasteiger charge is -2.57. The number of hydrogen-bond donors (Lipinski definition) is 4. The highest BCUT2D eigenvalue weighted by molar-refractivity contribution is 7.87. The van der Waals surface area contributed by atoms with Crippen molar-refractivity contribution in [2.45, 2.75) is 95.9 Å². The Morgan fingerprint density at radius 2 is 1.76 bits per heavy atom. The van der Waals surface area contributed by atoms with Crippen LogP contribution in [0.2, 0.25) is 0 Å². The molecule has 0 bridgehead atoms. The van der Waals surface area contributed by atoms with Gasteiger partial charge in [0, 0.05) is 31.0 Å². The first-order valence-electron chi connectivity index (χ1n) is 14.0. The van der Waals surface area contributed by atoms with Gasteiger partial charge in [0.15, 0.2) is 5.78 Å². The quantitative estimate of drug-likeness (QED) is 0.225. The van der Waals surface area contributed by atoms with E-state index in [2.05, 4.69) is 16.0 Å². The molecule has 0 radical (unpaired) electrons. The van der Waals surface area contributed by atoms with Gasteiger partial charge in [-0.05, 0) is 58.8 Å². The van der Waals surface area contributed by atoms with Gasteiger partial charge in [-0.15, -0.1) is 0 Å². The fourth-order valence-corrected chi connectivity index (χ4v) is 5.93. The van der Waals surface area contributed by atoms with E-state index in [1.54, 1.807) is 39.5 Å². The number of carbonyl (C=O) groups is 5. The first kappa shape index (κ1) is 33.5. The van der Waals surface area contributed by atoms with E-state index >= 15 is 0 Å². The summed E-state index contributed by atoms with van der Waals surface area (Å²) in [6.45, 7) is 10.2. The van der Waals surface area contributed by atoms with Crippen molar-refractivity contribution in [1.29, 1.82) is 0 Å². The van der Waals surface area contributed by atoms with Gasteiger partial charge in [0.1, 0.15) is 27.9 Å². The first-order chi connectivity index (χ1) is 19.3. The number of alkyl carbamates (subject to hydrolysis) is 1. The molecule has 1 saturated carbocycles. The maximum atomic E-state index is 13.2. The Morgan fingerprint density at radius 1 is 1.14 bits per heavy atom. The third-order valence-electron chi connectivity index (χ3n) is 7.47. The minimum atomic E-state index is -5.44. The van der Waals surface area contributed by atoms with E-state index in [1.165, 1.54) is 0 Å². The maximum Gasteiger partial charge on any atom is 0.410 e. The van der Waals surface area contributed by atoms with Crippen LogP contribution in [0, 0.1) is 17.3 Å². The third kappa shape index (κ3) is 8.77. The summed E-state index contributed by atoms with van der Waals surface area (Å²) >= 11 is 0. The minimum Gasteiger partial charge on any atom is -0.746 e. The summed E-state index contributed by atoms with van der Waals surface area (Å²) in [6, 6.07) is -2.87. The lowest BCUT2D eigenvalue weighted by Crippen LogP contribution is -2.66. The van der Waals surface area contributed by atoms with Crippen LogP contribution in [0.1, 0.15) is 66.7 Å². The Bertz CT molecular complexity index is 1170. The molecule has 1 unspecified atom stereocenters. The Labute approximate surface area is 245 Å². The van der Waals surface area contributed by atoms with E-state index in [1.807, 2.05) is 0 Å². The molecule has 0 aromatic carbocycles. The van der Waals surface area contributed by atoms with Gasteiger partial charge in [0.25, 0.3) is 0 Å². The lowest BCUT2D eigenvalue weighted by molar-refractivity contribution is -0.133. The van der Waals surface area contributed by atoms with E-state index in [-0.39, 0.29) is 24.2 Å². The van der Waals surface area contributed by atoms with Crippen molar-refractivity contribution in [1.82, 2.24) is 20.9 Å². The van der Waals surface area contributed by atoms with E-state index in [0.29, 0.717) is 38.9 Å². The monoisotopic (exact) mass is 617 g/mol. The number of nitrogens with one attached hydrogen (secondary N) is 3. The Kier molecular flexibility index (Phi) is 10.1. The van der Waals surface area contributed by atoms with Crippen LogP contribution >= 0.6 is 0 Å². The number of likely N-dealkylation sites (tertiary alicyclic amines) is 1. The summed E-state index contributed by atoms with van der Waals surface area (Å²) in [4.78, 5) is 64.4. The minimum absolute atomic E-state index is 0.107. The highest BCUT2D eigenvalue weighted by atomic mass is 32.2. The third-order valence-corrected chi connectivity index (χ3v) is 8.25. The molecule has 2 saturated heterocycles. The largest absolute Gasteiger partial charge is 0.746 e. The van der Waals surface area contributed by atoms with E-state index in [9.17, 15) is 42.0 Å². The maximum absolute atomic E-state index is 13.2. The second-order valence-electron chi connectivity index (χ2n) is 12.9. The van der Waals surface area contributed by atoms with Crippen LogP contribution in [-0.4, -0.2) is 102 Å². The van der Waals surface area contributed by atoms with Gasteiger partial charge in [0.2, 0.25) is 17.3 Å². The molecular weight excluding hydrogens is 576 g/mol. The molecule has 42 heavy (non-hydrogen) atoms. The zero-order valence-corrected chi connectivity index (χ0v) is 25.3.